The zero-order valence-corrected chi connectivity index (χ0v) is 15.6. The van der Waals surface area contributed by atoms with E-state index < -0.39 is 0 Å². The Bertz CT molecular complexity index is 901. The van der Waals surface area contributed by atoms with Crippen molar-refractivity contribution in [1.82, 2.24) is 4.98 Å². The van der Waals surface area contributed by atoms with Crippen molar-refractivity contribution in [3.63, 3.8) is 0 Å². The molecule has 1 heterocycles. The Morgan fingerprint density at radius 3 is 2.60 bits per heavy atom. The third kappa shape index (κ3) is 3.72. The summed E-state index contributed by atoms with van der Waals surface area (Å²) in [6, 6.07) is 12.2. The van der Waals surface area contributed by atoms with Gasteiger partial charge in [0.15, 0.2) is 0 Å². The lowest BCUT2D eigenvalue weighted by Crippen LogP contribution is -1.99. The highest BCUT2D eigenvalue weighted by Crippen LogP contribution is 2.28. The van der Waals surface area contributed by atoms with Crippen LogP contribution in [0.2, 0.25) is 0 Å². The van der Waals surface area contributed by atoms with E-state index in [0.29, 0.717) is 0 Å². The Morgan fingerprint density at radius 2 is 1.88 bits per heavy atom. The quantitative estimate of drug-likeness (QED) is 0.508. The van der Waals surface area contributed by atoms with Crippen molar-refractivity contribution >= 4 is 22.7 Å². The SMILES string of the molecule is COc1c(C)cc(C=NNc2nc(-c3ccccc3)cs2)c(C)c1C. The first-order valence-corrected chi connectivity index (χ1v) is 8.93. The fourth-order valence-electron chi connectivity index (χ4n) is 2.76. The second kappa shape index (κ2) is 7.49. The molecule has 0 aliphatic carbocycles. The molecule has 2 aromatic carbocycles. The molecule has 1 N–H and O–H groups in total. The van der Waals surface area contributed by atoms with E-state index in [2.05, 4.69) is 35.4 Å². The van der Waals surface area contributed by atoms with Crippen molar-refractivity contribution in [2.75, 3.05) is 12.5 Å². The highest BCUT2D eigenvalue weighted by Gasteiger charge is 2.09. The highest BCUT2D eigenvalue weighted by molar-refractivity contribution is 7.14. The minimum absolute atomic E-state index is 0.773. The highest BCUT2D eigenvalue weighted by atomic mass is 32.1. The van der Waals surface area contributed by atoms with Crippen LogP contribution in [0, 0.1) is 20.8 Å². The van der Waals surface area contributed by atoms with Crippen LogP contribution in [0.15, 0.2) is 46.9 Å². The minimum atomic E-state index is 0.773. The van der Waals surface area contributed by atoms with Gasteiger partial charge in [-0.3, -0.25) is 5.43 Å². The normalized spacial score (nSPS) is 11.0. The number of aryl methyl sites for hydroxylation is 1. The fourth-order valence-corrected chi connectivity index (χ4v) is 3.43. The van der Waals surface area contributed by atoms with E-state index in [1.807, 2.05) is 48.9 Å². The van der Waals surface area contributed by atoms with Gasteiger partial charge < -0.3 is 4.74 Å². The molecule has 128 valence electrons. The number of hydrogen-bond acceptors (Lipinski definition) is 5. The average molecular weight is 351 g/mol. The number of thiazole rings is 1. The topological polar surface area (TPSA) is 46.5 Å². The van der Waals surface area contributed by atoms with Crippen molar-refractivity contribution in [2.24, 2.45) is 5.10 Å². The number of methoxy groups -OCH3 is 1. The van der Waals surface area contributed by atoms with Crippen molar-refractivity contribution in [3.05, 3.63) is 64.0 Å². The number of hydrogen-bond donors (Lipinski definition) is 1. The number of benzene rings is 2. The number of hydrazone groups is 1. The zero-order valence-electron chi connectivity index (χ0n) is 14.8. The first-order chi connectivity index (χ1) is 12.1. The second-order valence-electron chi connectivity index (χ2n) is 5.84. The molecule has 0 atom stereocenters. The number of nitrogens with one attached hydrogen (secondary N) is 1. The van der Waals surface area contributed by atoms with Crippen LogP contribution in [0.4, 0.5) is 5.13 Å². The summed E-state index contributed by atoms with van der Waals surface area (Å²) in [5.41, 5.74) is 9.57. The molecule has 4 nitrogen and oxygen atoms in total. The minimum Gasteiger partial charge on any atom is -0.496 e. The van der Waals surface area contributed by atoms with Gasteiger partial charge >= 0.3 is 0 Å². The van der Waals surface area contributed by atoms with Crippen LogP contribution >= 0.6 is 11.3 Å². The summed E-state index contributed by atoms with van der Waals surface area (Å²) in [5, 5.41) is 7.15. The van der Waals surface area contributed by atoms with E-state index in [4.69, 9.17) is 4.74 Å². The number of nitrogens with zero attached hydrogens (tertiary/aromatic N) is 2. The molecular formula is C20H21N3OS. The molecule has 3 rings (SSSR count). The van der Waals surface area contributed by atoms with Crippen molar-refractivity contribution in [1.29, 1.82) is 0 Å². The van der Waals surface area contributed by atoms with Crippen LogP contribution in [-0.2, 0) is 0 Å². The number of ether oxygens (including phenoxy) is 1. The molecule has 0 amide bonds. The summed E-state index contributed by atoms with van der Waals surface area (Å²) in [7, 11) is 1.71. The maximum Gasteiger partial charge on any atom is 0.203 e. The summed E-state index contributed by atoms with van der Waals surface area (Å²) < 4.78 is 5.46. The smallest absolute Gasteiger partial charge is 0.203 e. The molecule has 25 heavy (non-hydrogen) atoms. The van der Waals surface area contributed by atoms with Gasteiger partial charge in [-0.25, -0.2) is 4.98 Å². The van der Waals surface area contributed by atoms with Crippen LogP contribution in [0.25, 0.3) is 11.3 Å². The van der Waals surface area contributed by atoms with E-state index in [1.54, 1.807) is 18.4 Å². The average Bonchev–Trinajstić information content (AvgIpc) is 3.09. The Hall–Kier alpha value is -2.66. The lowest BCUT2D eigenvalue weighted by molar-refractivity contribution is 0.408. The van der Waals surface area contributed by atoms with Crippen LogP contribution in [-0.4, -0.2) is 18.3 Å². The van der Waals surface area contributed by atoms with Crippen LogP contribution in [0.3, 0.4) is 0 Å². The van der Waals surface area contributed by atoms with Gasteiger partial charge in [0.05, 0.1) is 19.0 Å². The Labute approximate surface area is 152 Å². The largest absolute Gasteiger partial charge is 0.496 e. The van der Waals surface area contributed by atoms with Gasteiger partial charge in [0.1, 0.15) is 5.75 Å². The fraction of sp³-hybridized carbons (Fsp3) is 0.200. The van der Waals surface area contributed by atoms with Crippen molar-refractivity contribution < 1.29 is 4.74 Å². The molecular weight excluding hydrogens is 330 g/mol. The van der Waals surface area contributed by atoms with E-state index in [9.17, 15) is 0 Å². The molecule has 0 aliphatic heterocycles. The molecule has 0 spiro atoms. The molecule has 0 saturated carbocycles. The summed E-state index contributed by atoms with van der Waals surface area (Å²) >= 11 is 1.54. The third-order valence-corrected chi connectivity index (χ3v) is 4.95. The van der Waals surface area contributed by atoms with Crippen LogP contribution < -0.4 is 10.2 Å². The van der Waals surface area contributed by atoms with Gasteiger partial charge in [-0.15, -0.1) is 11.3 Å². The molecule has 0 bridgehead atoms. The summed E-state index contributed by atoms with van der Waals surface area (Å²) in [6.07, 6.45) is 1.83. The van der Waals surface area contributed by atoms with E-state index in [1.165, 1.54) is 0 Å². The Kier molecular flexibility index (Phi) is 5.14. The predicted octanol–water partition coefficient (Wildman–Crippen LogP) is 5.19. The number of aromatic nitrogens is 1. The zero-order chi connectivity index (χ0) is 17.8. The molecule has 5 heteroatoms. The van der Waals surface area contributed by atoms with E-state index >= 15 is 0 Å². The number of anilines is 1. The van der Waals surface area contributed by atoms with Crippen molar-refractivity contribution in [3.8, 4) is 17.0 Å². The van der Waals surface area contributed by atoms with Gasteiger partial charge in [0, 0.05) is 10.9 Å². The molecule has 0 fully saturated rings. The maximum absolute atomic E-state index is 5.46. The van der Waals surface area contributed by atoms with Gasteiger partial charge in [-0.2, -0.15) is 5.10 Å². The van der Waals surface area contributed by atoms with Crippen LogP contribution in [0.1, 0.15) is 22.3 Å². The van der Waals surface area contributed by atoms with Gasteiger partial charge in [0.2, 0.25) is 5.13 Å². The summed E-state index contributed by atoms with van der Waals surface area (Å²) in [6.45, 7) is 6.19. The third-order valence-electron chi connectivity index (χ3n) is 4.21. The molecule has 0 saturated heterocycles. The predicted molar refractivity (Wildman–Crippen MR) is 106 cm³/mol. The molecule has 0 unspecified atom stereocenters. The van der Waals surface area contributed by atoms with Gasteiger partial charge in [0.25, 0.3) is 0 Å². The summed E-state index contributed by atoms with van der Waals surface area (Å²) in [4.78, 5) is 4.57. The maximum atomic E-state index is 5.46. The Morgan fingerprint density at radius 1 is 1.12 bits per heavy atom. The van der Waals surface area contributed by atoms with Gasteiger partial charge in [-0.1, -0.05) is 30.3 Å². The lowest BCUT2D eigenvalue weighted by Gasteiger charge is -2.13. The molecule has 0 aliphatic rings. The van der Waals surface area contributed by atoms with Crippen molar-refractivity contribution in [2.45, 2.75) is 20.8 Å². The monoisotopic (exact) mass is 351 g/mol. The standard InChI is InChI=1S/C20H21N3OS/c1-13-10-17(14(2)15(3)19(13)24-4)11-21-23-20-22-18(12-25-20)16-8-6-5-7-9-16/h5-12H,1-4H3,(H,22,23). The van der Waals surface area contributed by atoms with Gasteiger partial charge in [-0.05, 0) is 49.1 Å². The summed E-state index contributed by atoms with van der Waals surface area (Å²) in [5.74, 6) is 0.940. The molecule has 1 aromatic heterocycles. The van der Waals surface area contributed by atoms with E-state index in [-0.39, 0.29) is 0 Å². The van der Waals surface area contributed by atoms with Crippen LogP contribution in [0.5, 0.6) is 5.75 Å². The molecule has 0 radical (unpaired) electrons. The molecule has 3 aromatic rings. The first-order valence-electron chi connectivity index (χ1n) is 8.05. The number of rotatable bonds is 5. The Balaban J connectivity index is 1.75. The lowest BCUT2D eigenvalue weighted by atomic mass is 9.99. The second-order valence-corrected chi connectivity index (χ2v) is 6.70. The first kappa shape index (κ1) is 17.2. The van der Waals surface area contributed by atoms with E-state index in [0.717, 1.165) is 44.4 Å².